The number of unbranched alkanes of at least 4 members (excludes halogenated alkanes) is 2. The van der Waals surface area contributed by atoms with E-state index in [1.54, 1.807) is 12.1 Å². The molecule has 0 amide bonds. The van der Waals surface area contributed by atoms with Gasteiger partial charge in [0, 0.05) is 6.42 Å². The van der Waals surface area contributed by atoms with Crippen LogP contribution in [0.3, 0.4) is 0 Å². The largest absolute Gasteiger partial charge is 0.465 e. The van der Waals surface area contributed by atoms with Gasteiger partial charge >= 0.3 is 5.97 Å². The first-order valence-corrected chi connectivity index (χ1v) is 7.16. The van der Waals surface area contributed by atoms with Crippen LogP contribution in [0.1, 0.15) is 54.9 Å². The van der Waals surface area contributed by atoms with E-state index in [1.165, 1.54) is 26.4 Å². The van der Waals surface area contributed by atoms with Gasteiger partial charge in [-0.2, -0.15) is 0 Å². The predicted octanol–water partition coefficient (Wildman–Crippen LogP) is 3.55. The van der Waals surface area contributed by atoms with Gasteiger partial charge in [-0.3, -0.25) is 0 Å². The van der Waals surface area contributed by atoms with Gasteiger partial charge < -0.3 is 9.57 Å². The molecule has 108 valence electrons. The van der Waals surface area contributed by atoms with Crippen LogP contribution in [-0.4, -0.2) is 24.9 Å². The number of carbonyl (C=O) groups is 1. The highest BCUT2D eigenvalue weighted by Crippen LogP contribution is 2.21. The molecule has 0 spiro atoms. The molecule has 0 aliphatic carbocycles. The monoisotopic (exact) mass is 275 g/mol. The number of rotatable bonds is 6. The first-order chi connectivity index (χ1) is 9.74. The maximum Gasteiger partial charge on any atom is 0.337 e. The van der Waals surface area contributed by atoms with Crippen molar-refractivity contribution in [3.05, 3.63) is 35.4 Å². The minimum absolute atomic E-state index is 0.205. The minimum Gasteiger partial charge on any atom is -0.465 e. The maximum atomic E-state index is 11.4. The van der Waals surface area contributed by atoms with Gasteiger partial charge in [-0.15, -0.1) is 0 Å². The normalized spacial score (nSPS) is 17.5. The molecule has 1 heterocycles. The molecule has 1 aromatic carbocycles. The van der Waals surface area contributed by atoms with Crippen LogP contribution in [0.5, 0.6) is 0 Å². The molecule has 20 heavy (non-hydrogen) atoms. The van der Waals surface area contributed by atoms with Crippen molar-refractivity contribution in [1.29, 1.82) is 0 Å². The Balaban J connectivity index is 1.91. The molecule has 0 aromatic heterocycles. The van der Waals surface area contributed by atoms with Crippen LogP contribution < -0.4 is 0 Å². The molecule has 1 aromatic rings. The van der Waals surface area contributed by atoms with Gasteiger partial charge in [-0.1, -0.05) is 37.1 Å². The van der Waals surface area contributed by atoms with Crippen molar-refractivity contribution < 1.29 is 14.4 Å². The Bertz CT molecular complexity index is 479. The number of oxime groups is 1. The van der Waals surface area contributed by atoms with Crippen molar-refractivity contribution in [2.45, 2.75) is 45.1 Å². The van der Waals surface area contributed by atoms with Crippen molar-refractivity contribution in [1.82, 2.24) is 0 Å². The molecule has 1 atom stereocenters. The molecule has 0 N–H and O–H groups in total. The number of ether oxygens (including phenoxy) is 1. The molecule has 0 saturated heterocycles. The summed E-state index contributed by atoms with van der Waals surface area (Å²) in [4.78, 5) is 16.8. The van der Waals surface area contributed by atoms with Crippen LogP contribution in [0, 0.1) is 0 Å². The molecule has 1 aliphatic heterocycles. The summed E-state index contributed by atoms with van der Waals surface area (Å²) in [6.07, 6.45) is 5.75. The molecule has 2 rings (SSSR count). The van der Waals surface area contributed by atoms with Crippen molar-refractivity contribution in [2.24, 2.45) is 5.16 Å². The Morgan fingerprint density at radius 3 is 2.75 bits per heavy atom. The minimum atomic E-state index is -0.321. The van der Waals surface area contributed by atoms with E-state index in [0.717, 1.165) is 24.1 Å². The van der Waals surface area contributed by atoms with Crippen LogP contribution >= 0.6 is 0 Å². The number of esters is 1. The van der Waals surface area contributed by atoms with Gasteiger partial charge in [0.25, 0.3) is 0 Å². The lowest BCUT2D eigenvalue weighted by Gasteiger charge is -2.06. The average molecular weight is 275 g/mol. The van der Waals surface area contributed by atoms with Crippen LogP contribution in [0.15, 0.2) is 29.4 Å². The Kier molecular flexibility index (Phi) is 5.16. The fraction of sp³-hybridized carbons (Fsp3) is 0.500. The zero-order chi connectivity index (χ0) is 14.4. The van der Waals surface area contributed by atoms with E-state index in [2.05, 4.69) is 16.8 Å². The Morgan fingerprint density at radius 1 is 1.35 bits per heavy atom. The van der Waals surface area contributed by atoms with Gasteiger partial charge in [0.2, 0.25) is 0 Å². The molecule has 4 nitrogen and oxygen atoms in total. The summed E-state index contributed by atoms with van der Waals surface area (Å²) in [5, 5.41) is 4.16. The Morgan fingerprint density at radius 2 is 2.10 bits per heavy atom. The lowest BCUT2D eigenvalue weighted by atomic mass is 10.0. The number of hydrogen-bond acceptors (Lipinski definition) is 4. The highest BCUT2D eigenvalue weighted by Gasteiger charge is 2.21. The lowest BCUT2D eigenvalue weighted by Crippen LogP contribution is -2.08. The molecular formula is C16H21NO3. The molecule has 0 radical (unpaired) electrons. The first kappa shape index (κ1) is 14.6. The summed E-state index contributed by atoms with van der Waals surface area (Å²) in [6.45, 7) is 2.19. The van der Waals surface area contributed by atoms with Gasteiger partial charge in [0.1, 0.15) is 6.10 Å². The molecular weight excluding hydrogens is 254 g/mol. The van der Waals surface area contributed by atoms with Crippen LogP contribution in [0.2, 0.25) is 0 Å². The number of benzene rings is 1. The molecule has 0 saturated carbocycles. The zero-order valence-corrected chi connectivity index (χ0v) is 12.1. The smallest absolute Gasteiger partial charge is 0.337 e. The van der Waals surface area contributed by atoms with Crippen molar-refractivity contribution in [3.63, 3.8) is 0 Å². The van der Waals surface area contributed by atoms with Gasteiger partial charge in [0.05, 0.1) is 18.4 Å². The van der Waals surface area contributed by atoms with Crippen LogP contribution in [0.25, 0.3) is 0 Å². The predicted molar refractivity (Wildman–Crippen MR) is 78.0 cm³/mol. The zero-order valence-electron chi connectivity index (χ0n) is 12.1. The summed E-state index contributed by atoms with van der Waals surface area (Å²) in [7, 11) is 1.38. The van der Waals surface area contributed by atoms with Crippen LogP contribution in [-0.2, 0) is 9.57 Å². The van der Waals surface area contributed by atoms with E-state index in [1.807, 2.05) is 12.1 Å². The molecule has 0 fully saturated rings. The Hall–Kier alpha value is -1.84. The number of hydrogen-bond donors (Lipinski definition) is 0. The van der Waals surface area contributed by atoms with Gasteiger partial charge in [-0.05, 0) is 30.5 Å². The quantitative estimate of drug-likeness (QED) is 0.589. The number of carbonyl (C=O) groups excluding carboxylic acids is 1. The third kappa shape index (κ3) is 3.59. The summed E-state index contributed by atoms with van der Waals surface area (Å²) >= 11 is 0. The third-order valence-electron chi connectivity index (χ3n) is 3.50. The fourth-order valence-corrected chi connectivity index (χ4v) is 2.29. The topological polar surface area (TPSA) is 47.9 Å². The Labute approximate surface area is 119 Å². The fourth-order valence-electron chi connectivity index (χ4n) is 2.29. The van der Waals surface area contributed by atoms with E-state index < -0.39 is 0 Å². The standard InChI is InChI=1S/C16H21NO3/c1-3-4-5-6-14-11-15(17-20-14)12-7-9-13(10-8-12)16(18)19-2/h7-10,14H,3-6,11H2,1-2H3. The van der Waals surface area contributed by atoms with E-state index in [0.29, 0.717) is 5.56 Å². The van der Waals surface area contributed by atoms with E-state index >= 15 is 0 Å². The van der Waals surface area contributed by atoms with Crippen molar-refractivity contribution in [2.75, 3.05) is 7.11 Å². The SMILES string of the molecule is CCCCCC1CC(c2ccc(C(=O)OC)cc2)=NO1. The second kappa shape index (κ2) is 7.08. The molecule has 0 bridgehead atoms. The summed E-state index contributed by atoms with van der Waals surface area (Å²) < 4.78 is 4.68. The summed E-state index contributed by atoms with van der Waals surface area (Å²) in [5.41, 5.74) is 2.52. The van der Waals surface area contributed by atoms with Gasteiger partial charge in [-0.25, -0.2) is 4.79 Å². The summed E-state index contributed by atoms with van der Waals surface area (Å²) in [6, 6.07) is 7.30. The maximum absolute atomic E-state index is 11.4. The van der Waals surface area contributed by atoms with E-state index in [9.17, 15) is 4.79 Å². The second-order valence-corrected chi connectivity index (χ2v) is 5.03. The molecule has 1 aliphatic rings. The number of methoxy groups -OCH3 is 1. The second-order valence-electron chi connectivity index (χ2n) is 5.03. The van der Waals surface area contributed by atoms with E-state index in [-0.39, 0.29) is 12.1 Å². The summed E-state index contributed by atoms with van der Waals surface area (Å²) in [5.74, 6) is -0.321. The average Bonchev–Trinajstić information content (AvgIpc) is 2.96. The number of nitrogens with zero attached hydrogens (tertiary/aromatic N) is 1. The van der Waals surface area contributed by atoms with Crippen molar-refractivity contribution in [3.8, 4) is 0 Å². The van der Waals surface area contributed by atoms with Crippen molar-refractivity contribution >= 4 is 11.7 Å². The molecule has 1 unspecified atom stereocenters. The van der Waals surface area contributed by atoms with Crippen LogP contribution in [0.4, 0.5) is 0 Å². The van der Waals surface area contributed by atoms with E-state index in [4.69, 9.17) is 4.84 Å². The van der Waals surface area contributed by atoms with Gasteiger partial charge in [0.15, 0.2) is 0 Å². The molecule has 4 heteroatoms. The lowest BCUT2D eigenvalue weighted by molar-refractivity contribution is 0.0600. The third-order valence-corrected chi connectivity index (χ3v) is 3.50. The first-order valence-electron chi connectivity index (χ1n) is 7.16. The highest BCUT2D eigenvalue weighted by molar-refractivity contribution is 6.02. The highest BCUT2D eigenvalue weighted by atomic mass is 16.6.